The normalized spacial score (nSPS) is 24.0. The maximum absolute atomic E-state index is 11.7. The van der Waals surface area contributed by atoms with Crippen molar-refractivity contribution in [2.75, 3.05) is 0 Å². The highest BCUT2D eigenvalue weighted by atomic mass is 16.6. The van der Waals surface area contributed by atoms with Gasteiger partial charge < -0.3 is 14.8 Å². The van der Waals surface area contributed by atoms with Gasteiger partial charge in [-0.3, -0.25) is 0 Å². The fourth-order valence-corrected chi connectivity index (χ4v) is 2.85. The summed E-state index contributed by atoms with van der Waals surface area (Å²) in [6.07, 6.45) is 8.36. The second-order valence-corrected chi connectivity index (χ2v) is 7.01. The maximum Gasteiger partial charge on any atom is 0.407 e. The minimum Gasteiger partial charge on any atom is -0.498 e. The van der Waals surface area contributed by atoms with Crippen molar-refractivity contribution in [1.82, 2.24) is 5.32 Å². The van der Waals surface area contributed by atoms with Crippen LogP contribution in [-0.4, -0.2) is 23.8 Å². The van der Waals surface area contributed by atoms with Crippen LogP contribution in [0, 0.1) is 5.92 Å². The van der Waals surface area contributed by atoms with Crippen molar-refractivity contribution in [2.24, 2.45) is 5.92 Å². The zero-order valence-corrected chi connectivity index (χ0v) is 14.0. The number of ether oxygens (including phenoxy) is 2. The summed E-state index contributed by atoms with van der Waals surface area (Å²) in [5.41, 5.74) is -0.448. The molecule has 1 rings (SSSR count). The molecule has 1 aliphatic carbocycles. The van der Waals surface area contributed by atoms with Gasteiger partial charge in [0.05, 0.1) is 6.26 Å². The van der Waals surface area contributed by atoms with E-state index < -0.39 is 5.60 Å². The molecule has 1 amide bonds. The molecule has 122 valence electrons. The fraction of sp³-hybridized carbons (Fsp3) is 0.824. The fourth-order valence-electron chi connectivity index (χ4n) is 2.85. The highest BCUT2D eigenvalue weighted by Crippen LogP contribution is 2.30. The molecule has 0 aromatic heterocycles. The van der Waals surface area contributed by atoms with Gasteiger partial charge in [-0.25, -0.2) is 4.79 Å². The number of carbonyl (C=O) groups excluding carboxylic acids is 1. The van der Waals surface area contributed by atoms with Crippen molar-refractivity contribution in [3.8, 4) is 0 Å². The van der Waals surface area contributed by atoms with Crippen molar-refractivity contribution in [2.45, 2.75) is 84.0 Å². The van der Waals surface area contributed by atoms with Gasteiger partial charge in [0.2, 0.25) is 0 Å². The molecule has 0 spiro atoms. The molecule has 1 fully saturated rings. The third-order valence-electron chi connectivity index (χ3n) is 3.84. The molecule has 0 bridgehead atoms. The quantitative estimate of drug-likeness (QED) is 0.739. The van der Waals surface area contributed by atoms with E-state index in [1.807, 2.05) is 27.7 Å². The number of carbonyl (C=O) groups is 1. The summed E-state index contributed by atoms with van der Waals surface area (Å²) in [7, 11) is 0. The van der Waals surface area contributed by atoms with E-state index in [1.165, 1.54) is 19.3 Å². The average Bonchev–Trinajstić information content (AvgIpc) is 2.35. The van der Waals surface area contributed by atoms with E-state index in [9.17, 15) is 4.79 Å². The summed E-state index contributed by atoms with van der Waals surface area (Å²) in [6, 6.07) is 0.117. The lowest BCUT2D eigenvalue weighted by atomic mass is 9.83. The van der Waals surface area contributed by atoms with Crippen molar-refractivity contribution < 1.29 is 14.3 Å². The van der Waals surface area contributed by atoms with Crippen LogP contribution < -0.4 is 5.32 Å². The topological polar surface area (TPSA) is 47.6 Å². The van der Waals surface area contributed by atoms with Crippen LogP contribution in [0.25, 0.3) is 0 Å². The Labute approximate surface area is 129 Å². The lowest BCUT2D eigenvalue weighted by Gasteiger charge is -2.31. The molecule has 4 nitrogen and oxygen atoms in total. The number of amides is 1. The molecule has 1 aliphatic rings. The minimum atomic E-state index is -0.448. The lowest BCUT2D eigenvalue weighted by Crippen LogP contribution is -2.38. The Morgan fingerprint density at radius 2 is 2.05 bits per heavy atom. The SMILES string of the molecule is C=CO[C@H]1CCCC[C@H]1CC[C@@H](C)NC(=O)OC(C)(C)C. The van der Waals surface area contributed by atoms with E-state index in [0.717, 1.165) is 19.3 Å². The van der Waals surface area contributed by atoms with Gasteiger partial charge in [0.25, 0.3) is 0 Å². The molecule has 0 aromatic rings. The molecular formula is C17H31NO3. The van der Waals surface area contributed by atoms with Gasteiger partial charge in [0.1, 0.15) is 11.7 Å². The van der Waals surface area contributed by atoms with E-state index in [0.29, 0.717) is 12.0 Å². The van der Waals surface area contributed by atoms with Crippen LogP contribution in [0.5, 0.6) is 0 Å². The van der Waals surface area contributed by atoms with Crippen molar-refractivity contribution in [1.29, 1.82) is 0 Å². The number of rotatable bonds is 6. The second-order valence-electron chi connectivity index (χ2n) is 7.01. The molecule has 0 saturated heterocycles. The number of alkyl carbamates (subject to hydrolysis) is 1. The van der Waals surface area contributed by atoms with Gasteiger partial charge in [0, 0.05) is 6.04 Å². The molecule has 0 unspecified atom stereocenters. The first-order chi connectivity index (χ1) is 9.81. The summed E-state index contributed by atoms with van der Waals surface area (Å²) in [5, 5.41) is 2.90. The highest BCUT2D eigenvalue weighted by Gasteiger charge is 2.26. The molecule has 0 aliphatic heterocycles. The Bertz CT molecular complexity index is 335. The Morgan fingerprint density at radius 1 is 1.38 bits per heavy atom. The van der Waals surface area contributed by atoms with E-state index in [-0.39, 0.29) is 12.1 Å². The van der Waals surface area contributed by atoms with Crippen LogP contribution in [0.1, 0.15) is 66.2 Å². The third kappa shape index (κ3) is 7.39. The van der Waals surface area contributed by atoms with E-state index in [1.54, 1.807) is 6.26 Å². The first-order valence-electron chi connectivity index (χ1n) is 8.07. The molecule has 3 atom stereocenters. The minimum absolute atomic E-state index is 0.117. The Balaban J connectivity index is 2.32. The molecular weight excluding hydrogens is 266 g/mol. The average molecular weight is 297 g/mol. The van der Waals surface area contributed by atoms with Crippen LogP contribution in [0.15, 0.2) is 12.8 Å². The smallest absolute Gasteiger partial charge is 0.407 e. The standard InChI is InChI=1S/C17H31NO3/c1-6-20-15-10-8-7-9-14(15)12-11-13(2)18-16(19)21-17(3,4)5/h6,13-15H,1,7-12H2,2-5H3,(H,18,19)/t13-,14+,15+/m1/s1. The predicted molar refractivity (Wildman–Crippen MR) is 85.1 cm³/mol. The van der Waals surface area contributed by atoms with Gasteiger partial charge in [-0.15, -0.1) is 0 Å². The van der Waals surface area contributed by atoms with Crippen LogP contribution in [0.4, 0.5) is 4.79 Å². The highest BCUT2D eigenvalue weighted by molar-refractivity contribution is 5.67. The summed E-state index contributed by atoms with van der Waals surface area (Å²) in [4.78, 5) is 11.7. The molecule has 1 saturated carbocycles. The van der Waals surface area contributed by atoms with Crippen LogP contribution in [0.2, 0.25) is 0 Å². The molecule has 1 N–H and O–H groups in total. The third-order valence-corrected chi connectivity index (χ3v) is 3.84. The number of hydrogen-bond acceptors (Lipinski definition) is 3. The summed E-state index contributed by atoms with van der Waals surface area (Å²) < 4.78 is 10.9. The Morgan fingerprint density at radius 3 is 2.67 bits per heavy atom. The van der Waals surface area contributed by atoms with E-state index in [4.69, 9.17) is 9.47 Å². The summed E-state index contributed by atoms with van der Waals surface area (Å²) in [6.45, 7) is 11.3. The van der Waals surface area contributed by atoms with Gasteiger partial charge in [-0.2, -0.15) is 0 Å². The predicted octanol–water partition coefficient (Wildman–Crippen LogP) is 4.40. The zero-order valence-electron chi connectivity index (χ0n) is 14.0. The largest absolute Gasteiger partial charge is 0.498 e. The zero-order chi connectivity index (χ0) is 15.9. The Hall–Kier alpha value is -1.19. The summed E-state index contributed by atoms with van der Waals surface area (Å²) in [5.74, 6) is 0.569. The van der Waals surface area contributed by atoms with Crippen LogP contribution >= 0.6 is 0 Å². The summed E-state index contributed by atoms with van der Waals surface area (Å²) >= 11 is 0. The van der Waals surface area contributed by atoms with Crippen molar-refractivity contribution >= 4 is 6.09 Å². The molecule has 21 heavy (non-hydrogen) atoms. The van der Waals surface area contributed by atoms with Crippen molar-refractivity contribution in [3.05, 3.63) is 12.8 Å². The molecule has 4 heteroatoms. The van der Waals surface area contributed by atoms with Gasteiger partial charge in [-0.1, -0.05) is 13.0 Å². The van der Waals surface area contributed by atoms with Gasteiger partial charge in [-0.05, 0) is 65.7 Å². The lowest BCUT2D eigenvalue weighted by molar-refractivity contribution is 0.0433. The van der Waals surface area contributed by atoms with Gasteiger partial charge >= 0.3 is 6.09 Å². The van der Waals surface area contributed by atoms with Crippen molar-refractivity contribution in [3.63, 3.8) is 0 Å². The second kappa shape index (κ2) is 8.30. The van der Waals surface area contributed by atoms with E-state index >= 15 is 0 Å². The molecule has 0 heterocycles. The number of nitrogens with one attached hydrogen (secondary N) is 1. The number of hydrogen-bond donors (Lipinski definition) is 1. The first-order valence-corrected chi connectivity index (χ1v) is 8.07. The van der Waals surface area contributed by atoms with Gasteiger partial charge in [0.15, 0.2) is 0 Å². The van der Waals surface area contributed by atoms with Crippen LogP contribution in [0.3, 0.4) is 0 Å². The monoisotopic (exact) mass is 297 g/mol. The Kier molecular flexibility index (Phi) is 7.06. The molecule has 0 aromatic carbocycles. The van der Waals surface area contributed by atoms with E-state index in [2.05, 4.69) is 11.9 Å². The maximum atomic E-state index is 11.7. The van der Waals surface area contributed by atoms with Crippen LogP contribution in [-0.2, 0) is 9.47 Å². The first kappa shape index (κ1) is 17.9. The molecule has 0 radical (unpaired) electrons.